The molecule has 2 aromatic rings. The van der Waals surface area contributed by atoms with Crippen LogP contribution in [0.3, 0.4) is 0 Å². The van der Waals surface area contributed by atoms with E-state index in [1.54, 1.807) is 24.3 Å². The lowest BCUT2D eigenvalue weighted by Crippen LogP contribution is -2.45. The Kier molecular flexibility index (Phi) is 5.75. The topological polar surface area (TPSA) is 118 Å². The van der Waals surface area contributed by atoms with Gasteiger partial charge in [-0.25, -0.2) is 9.37 Å². The largest absolute Gasteiger partial charge is 0.399 e. The Balaban J connectivity index is 1.90. The monoisotopic (exact) mass is 372 g/mol. The summed E-state index contributed by atoms with van der Waals surface area (Å²) in [6.07, 6.45) is 4.16. The molecule has 1 aliphatic rings. The number of nitrogen functional groups attached to an aromatic ring is 1. The van der Waals surface area contributed by atoms with Crippen molar-refractivity contribution in [1.29, 1.82) is 0 Å². The number of carbonyl (C=O) groups is 1. The number of benzene rings is 1. The van der Waals surface area contributed by atoms with Crippen molar-refractivity contribution in [2.75, 3.05) is 23.4 Å². The van der Waals surface area contributed by atoms with E-state index in [0.29, 0.717) is 11.4 Å². The van der Waals surface area contributed by atoms with E-state index >= 15 is 0 Å². The Morgan fingerprint density at radius 3 is 2.44 bits per heavy atom. The van der Waals surface area contributed by atoms with Crippen molar-refractivity contribution in [2.45, 2.75) is 37.8 Å². The molecule has 2 atom stereocenters. The molecule has 3 rings (SSSR count). The van der Waals surface area contributed by atoms with E-state index in [2.05, 4.69) is 20.9 Å². The smallest absolute Gasteiger partial charge is 0.252 e. The second kappa shape index (κ2) is 8.22. The molecule has 144 valence electrons. The van der Waals surface area contributed by atoms with E-state index in [9.17, 15) is 9.18 Å². The standard InChI is InChI=1S/C19H25FN6O/c1-23-15-4-2-3-5-16(15)25-19-14(20)10-13(17(22)27)18(26-19)24-12-8-6-11(21)7-9-12/h6-10,15-16,23H,2-5,21H2,1H3,(H2,22,27)(H2,24,25,26)/t15?,16-/m1/s1. The molecule has 1 saturated carbocycles. The minimum atomic E-state index is -0.753. The molecule has 0 spiro atoms. The molecule has 0 aliphatic heterocycles. The Morgan fingerprint density at radius 1 is 1.15 bits per heavy atom. The second-order valence-electron chi connectivity index (χ2n) is 6.76. The van der Waals surface area contributed by atoms with Crippen LogP contribution in [0.4, 0.5) is 27.4 Å². The number of primary amides is 1. The number of nitrogens with two attached hydrogens (primary N) is 2. The minimum absolute atomic E-state index is 0.0105. The predicted octanol–water partition coefficient (Wildman–Crippen LogP) is 2.59. The van der Waals surface area contributed by atoms with Crippen molar-refractivity contribution in [1.82, 2.24) is 10.3 Å². The zero-order chi connectivity index (χ0) is 19.4. The number of pyridine rings is 1. The van der Waals surface area contributed by atoms with Gasteiger partial charge in [-0.1, -0.05) is 12.8 Å². The summed E-state index contributed by atoms with van der Waals surface area (Å²) in [5, 5.41) is 9.48. The fourth-order valence-electron chi connectivity index (χ4n) is 3.40. The van der Waals surface area contributed by atoms with Gasteiger partial charge in [-0.05, 0) is 50.2 Å². The molecular formula is C19H25FN6O. The summed E-state index contributed by atoms with van der Waals surface area (Å²) in [6.45, 7) is 0. The molecule has 7 nitrogen and oxygen atoms in total. The molecule has 8 heteroatoms. The van der Waals surface area contributed by atoms with Crippen molar-refractivity contribution in [2.24, 2.45) is 5.73 Å². The Labute approximate surface area is 157 Å². The zero-order valence-corrected chi connectivity index (χ0v) is 15.3. The molecule has 1 aliphatic carbocycles. The normalized spacial score (nSPS) is 19.5. The zero-order valence-electron chi connectivity index (χ0n) is 15.3. The maximum absolute atomic E-state index is 14.6. The van der Waals surface area contributed by atoms with Gasteiger partial charge >= 0.3 is 0 Å². The number of hydrogen-bond acceptors (Lipinski definition) is 6. The lowest BCUT2D eigenvalue weighted by Gasteiger charge is -2.32. The lowest BCUT2D eigenvalue weighted by molar-refractivity contribution is 0.100. The predicted molar refractivity (Wildman–Crippen MR) is 106 cm³/mol. The highest BCUT2D eigenvalue weighted by molar-refractivity contribution is 5.98. The lowest BCUT2D eigenvalue weighted by atomic mass is 9.90. The van der Waals surface area contributed by atoms with Crippen molar-refractivity contribution in [3.8, 4) is 0 Å². The number of nitrogens with one attached hydrogen (secondary N) is 3. The maximum Gasteiger partial charge on any atom is 0.252 e. The fourth-order valence-corrected chi connectivity index (χ4v) is 3.40. The molecule has 1 heterocycles. The summed E-state index contributed by atoms with van der Waals surface area (Å²) in [4.78, 5) is 16.1. The Hall–Kier alpha value is -2.87. The number of nitrogens with zero attached hydrogens (tertiary/aromatic N) is 1. The van der Waals surface area contributed by atoms with E-state index in [1.807, 2.05) is 7.05 Å². The van der Waals surface area contributed by atoms with E-state index in [-0.39, 0.29) is 29.3 Å². The Morgan fingerprint density at radius 2 is 1.81 bits per heavy atom. The van der Waals surface area contributed by atoms with Gasteiger partial charge in [-0.2, -0.15) is 0 Å². The van der Waals surface area contributed by atoms with Crippen molar-refractivity contribution < 1.29 is 9.18 Å². The average Bonchev–Trinajstić information content (AvgIpc) is 2.66. The average molecular weight is 372 g/mol. The number of hydrogen-bond donors (Lipinski definition) is 5. The van der Waals surface area contributed by atoms with Crippen LogP contribution in [0.2, 0.25) is 0 Å². The van der Waals surface area contributed by atoms with Crippen molar-refractivity contribution >= 4 is 28.9 Å². The Bertz CT molecular complexity index is 811. The van der Waals surface area contributed by atoms with Crippen LogP contribution in [-0.4, -0.2) is 30.0 Å². The molecule has 7 N–H and O–H groups in total. The number of aromatic nitrogens is 1. The van der Waals surface area contributed by atoms with Gasteiger partial charge < -0.3 is 27.4 Å². The molecule has 0 radical (unpaired) electrons. The summed E-state index contributed by atoms with van der Waals surface area (Å²) < 4.78 is 14.6. The number of likely N-dealkylation sites (N-methyl/N-ethyl adjacent to an activating group) is 1. The third-order valence-electron chi connectivity index (χ3n) is 4.87. The summed E-state index contributed by atoms with van der Waals surface area (Å²) >= 11 is 0. The van der Waals surface area contributed by atoms with E-state index in [4.69, 9.17) is 11.5 Å². The SMILES string of the molecule is CNC1CCCC[C@H]1Nc1nc(Nc2ccc(N)cc2)c(C(N)=O)cc1F. The first-order valence-electron chi connectivity index (χ1n) is 9.04. The number of amides is 1. The first kappa shape index (κ1) is 18.9. The van der Waals surface area contributed by atoms with Crippen LogP contribution >= 0.6 is 0 Å². The van der Waals surface area contributed by atoms with Gasteiger partial charge in [-0.3, -0.25) is 4.79 Å². The molecule has 0 saturated heterocycles. The number of carbonyl (C=O) groups excluding carboxylic acids is 1. The van der Waals surface area contributed by atoms with E-state index in [1.165, 1.54) is 0 Å². The van der Waals surface area contributed by atoms with Crippen molar-refractivity contribution in [3.05, 3.63) is 41.7 Å². The second-order valence-corrected chi connectivity index (χ2v) is 6.76. The molecular weight excluding hydrogens is 347 g/mol. The molecule has 1 amide bonds. The summed E-state index contributed by atoms with van der Waals surface area (Å²) in [5.74, 6) is -1.05. The molecule has 1 fully saturated rings. The molecule has 1 aromatic carbocycles. The van der Waals surface area contributed by atoms with Gasteiger partial charge in [0.25, 0.3) is 5.91 Å². The summed E-state index contributed by atoms with van der Waals surface area (Å²) in [5.41, 5.74) is 12.4. The van der Waals surface area contributed by atoms with Gasteiger partial charge in [-0.15, -0.1) is 0 Å². The van der Waals surface area contributed by atoms with Crippen LogP contribution in [0.5, 0.6) is 0 Å². The molecule has 1 unspecified atom stereocenters. The van der Waals surface area contributed by atoms with Crippen LogP contribution in [0, 0.1) is 5.82 Å². The van der Waals surface area contributed by atoms with Crippen LogP contribution in [0.15, 0.2) is 30.3 Å². The highest BCUT2D eigenvalue weighted by atomic mass is 19.1. The van der Waals surface area contributed by atoms with Crippen LogP contribution in [0.1, 0.15) is 36.0 Å². The number of anilines is 4. The highest BCUT2D eigenvalue weighted by Gasteiger charge is 2.26. The fraction of sp³-hybridized carbons (Fsp3) is 0.368. The third-order valence-corrected chi connectivity index (χ3v) is 4.87. The molecule has 27 heavy (non-hydrogen) atoms. The van der Waals surface area contributed by atoms with Crippen molar-refractivity contribution in [3.63, 3.8) is 0 Å². The third kappa shape index (κ3) is 4.46. The van der Waals surface area contributed by atoms with Crippen LogP contribution in [-0.2, 0) is 0 Å². The first-order valence-corrected chi connectivity index (χ1v) is 9.04. The van der Waals surface area contributed by atoms with Gasteiger partial charge in [0, 0.05) is 23.5 Å². The van der Waals surface area contributed by atoms with Crippen LogP contribution in [0.25, 0.3) is 0 Å². The maximum atomic E-state index is 14.6. The van der Waals surface area contributed by atoms with E-state index < -0.39 is 11.7 Å². The minimum Gasteiger partial charge on any atom is -0.399 e. The van der Waals surface area contributed by atoms with Gasteiger partial charge in [0.15, 0.2) is 11.6 Å². The summed E-state index contributed by atoms with van der Waals surface area (Å²) in [6, 6.07) is 8.35. The van der Waals surface area contributed by atoms with Gasteiger partial charge in [0.05, 0.1) is 5.56 Å². The first-order chi connectivity index (χ1) is 13.0. The molecule has 1 aromatic heterocycles. The quantitative estimate of drug-likeness (QED) is 0.498. The summed E-state index contributed by atoms with van der Waals surface area (Å²) in [7, 11) is 1.90. The van der Waals surface area contributed by atoms with Crippen LogP contribution < -0.4 is 27.4 Å². The van der Waals surface area contributed by atoms with Gasteiger partial charge in [0.2, 0.25) is 0 Å². The number of rotatable bonds is 6. The number of halogens is 1. The molecule has 0 bridgehead atoms. The van der Waals surface area contributed by atoms with Gasteiger partial charge in [0.1, 0.15) is 5.82 Å². The highest BCUT2D eigenvalue weighted by Crippen LogP contribution is 2.27. The van der Waals surface area contributed by atoms with E-state index in [0.717, 1.165) is 31.7 Å².